The fourth-order valence-corrected chi connectivity index (χ4v) is 1.01. The van der Waals surface area contributed by atoms with E-state index in [9.17, 15) is 4.79 Å². The highest BCUT2D eigenvalue weighted by Gasteiger charge is 2.22. The van der Waals surface area contributed by atoms with Gasteiger partial charge >= 0.3 is 0 Å². The van der Waals surface area contributed by atoms with Gasteiger partial charge < -0.3 is 15.3 Å². The van der Waals surface area contributed by atoms with Crippen molar-refractivity contribution in [3.05, 3.63) is 0 Å². The molecule has 4 heteroatoms. The average molecular weight is 190 g/mol. The van der Waals surface area contributed by atoms with Gasteiger partial charge in [0.1, 0.15) is 12.2 Å². The maximum Gasteiger partial charge on any atom is 0.164 e. The molecule has 0 saturated heterocycles. The lowest BCUT2D eigenvalue weighted by Crippen LogP contribution is -2.36. The van der Waals surface area contributed by atoms with Crippen LogP contribution >= 0.6 is 0 Å². The summed E-state index contributed by atoms with van der Waals surface area (Å²) in [5.74, 6) is -0.394. The minimum absolute atomic E-state index is 0.270. The Labute approximate surface area is 78.2 Å². The lowest BCUT2D eigenvalue weighted by atomic mass is 10.0. The summed E-state index contributed by atoms with van der Waals surface area (Å²) in [6.45, 7) is 1.43. The van der Waals surface area contributed by atoms with Crippen LogP contribution in [0.25, 0.3) is 0 Å². The maximum atomic E-state index is 11.1. The zero-order valence-electron chi connectivity index (χ0n) is 7.94. The number of Topliss-reactive ketones (excluding diaryl/α,β-unsaturated/α-hetero) is 1. The molecule has 0 radical (unpaired) electrons. The van der Waals surface area contributed by atoms with Gasteiger partial charge in [-0.15, -0.1) is 0 Å². The Balaban J connectivity index is 3.69. The summed E-state index contributed by atoms with van der Waals surface area (Å²) in [6, 6.07) is 0. The highest BCUT2D eigenvalue weighted by atomic mass is 16.4. The van der Waals surface area contributed by atoms with Gasteiger partial charge in [0.2, 0.25) is 0 Å². The first-order valence-electron chi connectivity index (χ1n) is 4.63. The second kappa shape index (κ2) is 7.00. The molecule has 0 saturated carbocycles. The van der Waals surface area contributed by atoms with Crippen molar-refractivity contribution in [1.29, 1.82) is 0 Å². The van der Waals surface area contributed by atoms with Crippen LogP contribution in [0.15, 0.2) is 0 Å². The number of carbonyl (C=O) groups excluding carboxylic acids is 1. The van der Waals surface area contributed by atoms with Crippen molar-refractivity contribution < 1.29 is 20.1 Å². The van der Waals surface area contributed by atoms with Gasteiger partial charge in [-0.05, 0) is 6.42 Å². The van der Waals surface area contributed by atoms with Gasteiger partial charge in [-0.3, -0.25) is 4.79 Å². The molecule has 0 aromatic rings. The Bertz CT molecular complexity index is 147. The summed E-state index contributed by atoms with van der Waals surface area (Å²) >= 11 is 0. The molecule has 0 aliphatic rings. The highest BCUT2D eigenvalue weighted by Crippen LogP contribution is 2.04. The second-order valence-corrected chi connectivity index (χ2v) is 3.12. The van der Waals surface area contributed by atoms with Crippen molar-refractivity contribution in [3.8, 4) is 0 Å². The quantitative estimate of drug-likeness (QED) is 0.488. The molecule has 3 N–H and O–H groups in total. The largest absolute Gasteiger partial charge is 0.394 e. The second-order valence-electron chi connectivity index (χ2n) is 3.12. The molecule has 0 spiro atoms. The molecule has 0 rings (SSSR count). The lowest BCUT2D eigenvalue weighted by Gasteiger charge is -2.13. The number of rotatable bonds is 7. The van der Waals surface area contributed by atoms with Gasteiger partial charge in [0, 0.05) is 6.42 Å². The van der Waals surface area contributed by atoms with Crippen LogP contribution in [0.1, 0.15) is 32.6 Å². The van der Waals surface area contributed by atoms with E-state index in [-0.39, 0.29) is 6.42 Å². The Morgan fingerprint density at radius 1 is 1.31 bits per heavy atom. The van der Waals surface area contributed by atoms with Crippen LogP contribution in [0, 0.1) is 0 Å². The molecule has 0 heterocycles. The van der Waals surface area contributed by atoms with Gasteiger partial charge in [0.25, 0.3) is 0 Å². The van der Waals surface area contributed by atoms with E-state index < -0.39 is 24.6 Å². The van der Waals surface area contributed by atoms with Crippen LogP contribution in [0.3, 0.4) is 0 Å². The van der Waals surface area contributed by atoms with Gasteiger partial charge in [0.05, 0.1) is 6.61 Å². The summed E-state index contributed by atoms with van der Waals surface area (Å²) in [5, 5.41) is 26.5. The first-order chi connectivity index (χ1) is 6.13. The molecule has 0 aromatic carbocycles. The molecule has 0 aliphatic heterocycles. The molecule has 0 bridgehead atoms. The molecule has 0 amide bonds. The molecule has 2 atom stereocenters. The summed E-state index contributed by atoms with van der Waals surface area (Å²) in [5.41, 5.74) is 0. The average Bonchev–Trinajstić information content (AvgIpc) is 2.15. The number of aliphatic hydroxyl groups is 3. The van der Waals surface area contributed by atoms with Crippen molar-refractivity contribution in [2.45, 2.75) is 44.8 Å². The normalized spacial score (nSPS) is 15.4. The van der Waals surface area contributed by atoms with Gasteiger partial charge in [-0.1, -0.05) is 19.8 Å². The van der Waals surface area contributed by atoms with Crippen LogP contribution in [0.2, 0.25) is 0 Å². The predicted molar refractivity (Wildman–Crippen MR) is 48.2 cm³/mol. The van der Waals surface area contributed by atoms with E-state index in [0.717, 1.165) is 19.3 Å². The van der Waals surface area contributed by atoms with Crippen molar-refractivity contribution in [2.75, 3.05) is 6.61 Å². The van der Waals surface area contributed by atoms with Crippen LogP contribution < -0.4 is 0 Å². The fourth-order valence-electron chi connectivity index (χ4n) is 1.01. The van der Waals surface area contributed by atoms with Crippen molar-refractivity contribution in [2.24, 2.45) is 0 Å². The van der Waals surface area contributed by atoms with E-state index >= 15 is 0 Å². The van der Waals surface area contributed by atoms with Gasteiger partial charge in [-0.25, -0.2) is 0 Å². The van der Waals surface area contributed by atoms with E-state index in [0.29, 0.717) is 0 Å². The number of ketones is 1. The molecular formula is C9H18O4. The van der Waals surface area contributed by atoms with Crippen molar-refractivity contribution in [3.63, 3.8) is 0 Å². The SMILES string of the molecule is CCCCCC(=O)C(O)C(O)CO. The number of hydrogen-bond donors (Lipinski definition) is 3. The molecule has 78 valence electrons. The summed E-state index contributed by atoms with van der Waals surface area (Å²) in [6.07, 6.45) is 0.173. The number of carbonyl (C=O) groups is 1. The summed E-state index contributed by atoms with van der Waals surface area (Å²) in [4.78, 5) is 11.1. The molecular weight excluding hydrogens is 172 g/mol. The Morgan fingerprint density at radius 3 is 2.38 bits per heavy atom. The third-order valence-electron chi connectivity index (χ3n) is 1.91. The molecule has 13 heavy (non-hydrogen) atoms. The monoisotopic (exact) mass is 190 g/mol. The first kappa shape index (κ1) is 12.6. The minimum atomic E-state index is -1.43. The van der Waals surface area contributed by atoms with Gasteiger partial charge in [-0.2, -0.15) is 0 Å². The summed E-state index contributed by atoms with van der Waals surface area (Å²) in [7, 11) is 0. The third kappa shape index (κ3) is 4.98. The Hall–Kier alpha value is -0.450. The van der Waals surface area contributed by atoms with Crippen LogP contribution in [-0.4, -0.2) is 39.9 Å². The van der Waals surface area contributed by atoms with Gasteiger partial charge in [0.15, 0.2) is 5.78 Å². The lowest BCUT2D eigenvalue weighted by molar-refractivity contribution is -0.134. The highest BCUT2D eigenvalue weighted by molar-refractivity contribution is 5.83. The Morgan fingerprint density at radius 2 is 1.92 bits per heavy atom. The number of unbranched alkanes of at least 4 members (excludes halogenated alkanes) is 2. The van der Waals surface area contributed by atoms with Crippen molar-refractivity contribution >= 4 is 5.78 Å². The van der Waals surface area contributed by atoms with E-state index in [1.807, 2.05) is 6.92 Å². The van der Waals surface area contributed by atoms with Crippen molar-refractivity contribution in [1.82, 2.24) is 0 Å². The van der Waals surface area contributed by atoms with E-state index in [2.05, 4.69) is 0 Å². The maximum absolute atomic E-state index is 11.1. The number of hydrogen-bond acceptors (Lipinski definition) is 4. The topological polar surface area (TPSA) is 77.8 Å². The predicted octanol–water partition coefficient (Wildman–Crippen LogP) is -0.150. The molecule has 0 aromatic heterocycles. The Kier molecular flexibility index (Phi) is 6.76. The standard InChI is InChI=1S/C9H18O4/c1-2-3-4-5-7(11)9(13)8(12)6-10/h8-10,12-13H,2-6H2,1H3. The third-order valence-corrected chi connectivity index (χ3v) is 1.91. The van der Waals surface area contributed by atoms with E-state index in [1.165, 1.54) is 0 Å². The molecule has 0 aliphatic carbocycles. The van der Waals surface area contributed by atoms with Crippen LogP contribution in [0.4, 0.5) is 0 Å². The smallest absolute Gasteiger partial charge is 0.164 e. The van der Waals surface area contributed by atoms with Crippen LogP contribution in [0.5, 0.6) is 0 Å². The fraction of sp³-hybridized carbons (Fsp3) is 0.889. The molecule has 0 fully saturated rings. The molecule has 4 nitrogen and oxygen atoms in total. The first-order valence-corrected chi connectivity index (χ1v) is 4.63. The minimum Gasteiger partial charge on any atom is -0.394 e. The van der Waals surface area contributed by atoms with E-state index in [4.69, 9.17) is 15.3 Å². The van der Waals surface area contributed by atoms with Crippen LogP contribution in [-0.2, 0) is 4.79 Å². The van der Waals surface area contributed by atoms with E-state index in [1.54, 1.807) is 0 Å². The molecule has 2 unspecified atom stereocenters. The zero-order chi connectivity index (χ0) is 10.3. The summed E-state index contributed by atoms with van der Waals surface area (Å²) < 4.78 is 0. The zero-order valence-corrected chi connectivity index (χ0v) is 7.94. The number of aliphatic hydroxyl groups excluding tert-OH is 3.